The van der Waals surface area contributed by atoms with Crippen LogP contribution in [0.15, 0.2) is 30.3 Å². The Morgan fingerprint density at radius 1 is 1.17 bits per heavy atom. The predicted molar refractivity (Wildman–Crippen MR) is 95.4 cm³/mol. The first-order valence-electron chi connectivity index (χ1n) is 8.55. The molecule has 2 unspecified atom stereocenters. The van der Waals surface area contributed by atoms with Gasteiger partial charge in [0.05, 0.1) is 0 Å². The van der Waals surface area contributed by atoms with Gasteiger partial charge in [-0.3, -0.25) is 9.59 Å². The summed E-state index contributed by atoms with van der Waals surface area (Å²) in [5.74, 6) is -0.0902. The Bertz CT molecular complexity index is 581. The van der Waals surface area contributed by atoms with E-state index in [1.807, 2.05) is 12.1 Å². The molecule has 5 nitrogen and oxygen atoms in total. The van der Waals surface area contributed by atoms with Gasteiger partial charge in [-0.2, -0.15) is 0 Å². The zero-order chi connectivity index (χ0) is 17.4. The van der Waals surface area contributed by atoms with Crippen molar-refractivity contribution in [2.45, 2.75) is 45.1 Å². The van der Waals surface area contributed by atoms with Gasteiger partial charge in [0.15, 0.2) is 0 Å². The molecule has 0 aromatic heterocycles. The third kappa shape index (κ3) is 5.81. The number of hydrogen-bond donors (Lipinski definition) is 3. The monoisotopic (exact) mass is 330 g/mol. The van der Waals surface area contributed by atoms with Crippen molar-refractivity contribution in [1.29, 1.82) is 0 Å². The topological polar surface area (TPSA) is 78.4 Å². The molecule has 0 aliphatic heterocycles. The van der Waals surface area contributed by atoms with Crippen molar-refractivity contribution in [3.05, 3.63) is 35.9 Å². The molecule has 1 aromatic rings. The first-order valence-corrected chi connectivity index (χ1v) is 8.55. The average molecular weight is 330 g/mol. The highest BCUT2D eigenvalue weighted by molar-refractivity contribution is 5.92. The summed E-state index contributed by atoms with van der Waals surface area (Å²) in [7, 11) is 0. The number of benzene rings is 1. The van der Waals surface area contributed by atoms with Crippen LogP contribution in [0.3, 0.4) is 0 Å². The van der Waals surface area contributed by atoms with E-state index in [1.165, 1.54) is 19.4 Å². The second kappa shape index (κ2) is 9.23. The SMILES string of the molecule is CC(=O)Nc1ccc(/C=C/C(=O)NC2CCCCCC2CO)cc1. The largest absolute Gasteiger partial charge is 0.396 e. The third-order valence-corrected chi connectivity index (χ3v) is 4.38. The van der Waals surface area contributed by atoms with Crippen LogP contribution >= 0.6 is 0 Å². The summed E-state index contributed by atoms with van der Waals surface area (Å²) < 4.78 is 0. The molecule has 2 atom stereocenters. The highest BCUT2D eigenvalue weighted by Crippen LogP contribution is 2.23. The van der Waals surface area contributed by atoms with Crippen LogP contribution in [0, 0.1) is 5.92 Å². The van der Waals surface area contributed by atoms with E-state index in [4.69, 9.17) is 0 Å². The number of hydrogen-bond acceptors (Lipinski definition) is 3. The lowest BCUT2D eigenvalue weighted by molar-refractivity contribution is -0.117. The zero-order valence-electron chi connectivity index (χ0n) is 14.1. The minimum absolute atomic E-state index is 0.0526. The molecule has 3 N–H and O–H groups in total. The molecule has 2 amide bonds. The lowest BCUT2D eigenvalue weighted by Gasteiger charge is -2.23. The maximum Gasteiger partial charge on any atom is 0.244 e. The second-order valence-corrected chi connectivity index (χ2v) is 6.33. The highest BCUT2D eigenvalue weighted by atomic mass is 16.3. The average Bonchev–Trinajstić information content (AvgIpc) is 2.78. The molecule has 1 aromatic carbocycles. The van der Waals surface area contributed by atoms with Gasteiger partial charge in [0.1, 0.15) is 0 Å². The molecular weight excluding hydrogens is 304 g/mol. The number of nitrogens with one attached hydrogen (secondary N) is 2. The number of carbonyl (C=O) groups excluding carboxylic acids is 2. The number of rotatable bonds is 5. The molecule has 1 aliphatic rings. The summed E-state index contributed by atoms with van der Waals surface area (Å²) in [4.78, 5) is 23.1. The van der Waals surface area contributed by atoms with Crippen molar-refractivity contribution in [1.82, 2.24) is 5.32 Å². The third-order valence-electron chi connectivity index (χ3n) is 4.38. The highest BCUT2D eigenvalue weighted by Gasteiger charge is 2.23. The Morgan fingerprint density at radius 3 is 2.54 bits per heavy atom. The molecule has 0 saturated heterocycles. The molecule has 2 rings (SSSR count). The minimum atomic E-state index is -0.133. The van der Waals surface area contributed by atoms with Crippen LogP contribution in [0.4, 0.5) is 5.69 Å². The summed E-state index contributed by atoms with van der Waals surface area (Å²) in [6, 6.07) is 7.34. The second-order valence-electron chi connectivity index (χ2n) is 6.33. The summed E-state index contributed by atoms with van der Waals surface area (Å²) >= 11 is 0. The summed E-state index contributed by atoms with van der Waals surface area (Å²) in [5.41, 5.74) is 1.62. The smallest absolute Gasteiger partial charge is 0.244 e. The van der Waals surface area contributed by atoms with E-state index in [0.29, 0.717) is 0 Å². The lowest BCUT2D eigenvalue weighted by atomic mass is 9.95. The van der Waals surface area contributed by atoms with Crippen molar-refractivity contribution < 1.29 is 14.7 Å². The molecule has 0 heterocycles. The quantitative estimate of drug-likeness (QED) is 0.574. The molecular formula is C19H26N2O3. The van der Waals surface area contributed by atoms with Crippen molar-refractivity contribution in [2.24, 2.45) is 5.92 Å². The summed E-state index contributed by atoms with van der Waals surface area (Å²) in [6.07, 6.45) is 8.54. The van der Waals surface area contributed by atoms with Crippen LogP contribution in [0.25, 0.3) is 6.08 Å². The van der Waals surface area contributed by atoms with E-state index in [0.717, 1.165) is 36.9 Å². The van der Waals surface area contributed by atoms with E-state index in [9.17, 15) is 14.7 Å². The standard InChI is InChI=1S/C19H26N2O3/c1-14(23)20-17-10-7-15(8-11-17)9-12-19(24)21-18-6-4-2-3-5-16(18)13-22/h7-12,16,18,22H,2-6,13H2,1H3,(H,20,23)(H,21,24)/b12-9+. The van der Waals surface area contributed by atoms with E-state index in [-0.39, 0.29) is 30.4 Å². The molecule has 1 saturated carbocycles. The molecule has 130 valence electrons. The first kappa shape index (κ1) is 18.2. The van der Waals surface area contributed by atoms with Crippen LogP contribution in [-0.2, 0) is 9.59 Å². The van der Waals surface area contributed by atoms with Gasteiger partial charge in [0.2, 0.25) is 11.8 Å². The van der Waals surface area contributed by atoms with Crippen molar-refractivity contribution >= 4 is 23.6 Å². The molecule has 0 radical (unpaired) electrons. The van der Waals surface area contributed by atoms with Crippen LogP contribution in [0.1, 0.15) is 44.6 Å². The van der Waals surface area contributed by atoms with Crippen molar-refractivity contribution in [3.63, 3.8) is 0 Å². The van der Waals surface area contributed by atoms with E-state index >= 15 is 0 Å². The van der Waals surface area contributed by atoms with E-state index in [2.05, 4.69) is 10.6 Å². The van der Waals surface area contributed by atoms with Crippen molar-refractivity contribution in [2.75, 3.05) is 11.9 Å². The fourth-order valence-electron chi connectivity index (χ4n) is 3.08. The molecule has 0 spiro atoms. The van der Waals surface area contributed by atoms with Gasteiger partial charge in [-0.1, -0.05) is 31.4 Å². The first-order chi connectivity index (χ1) is 11.6. The van der Waals surface area contributed by atoms with Gasteiger partial charge in [0, 0.05) is 37.3 Å². The Balaban J connectivity index is 1.90. The molecule has 24 heavy (non-hydrogen) atoms. The van der Waals surface area contributed by atoms with Crippen LogP contribution < -0.4 is 10.6 Å². The minimum Gasteiger partial charge on any atom is -0.396 e. The van der Waals surface area contributed by atoms with Gasteiger partial charge < -0.3 is 15.7 Å². The van der Waals surface area contributed by atoms with Crippen LogP contribution in [-0.4, -0.2) is 29.6 Å². The number of anilines is 1. The van der Waals surface area contributed by atoms with E-state index in [1.54, 1.807) is 18.2 Å². The van der Waals surface area contributed by atoms with Crippen LogP contribution in [0.2, 0.25) is 0 Å². The number of amides is 2. The van der Waals surface area contributed by atoms with Gasteiger partial charge in [-0.05, 0) is 36.6 Å². The normalized spacial score (nSPS) is 21.2. The molecule has 1 fully saturated rings. The Hall–Kier alpha value is -2.14. The summed E-state index contributed by atoms with van der Waals surface area (Å²) in [6.45, 7) is 1.59. The van der Waals surface area contributed by atoms with Gasteiger partial charge >= 0.3 is 0 Å². The molecule has 1 aliphatic carbocycles. The van der Waals surface area contributed by atoms with Crippen molar-refractivity contribution in [3.8, 4) is 0 Å². The van der Waals surface area contributed by atoms with Gasteiger partial charge in [-0.15, -0.1) is 0 Å². The summed E-state index contributed by atoms with van der Waals surface area (Å²) in [5, 5.41) is 15.2. The molecule has 5 heteroatoms. The maximum atomic E-state index is 12.1. The Labute approximate surface area is 143 Å². The maximum absolute atomic E-state index is 12.1. The predicted octanol–water partition coefficient (Wildman–Crippen LogP) is 2.72. The van der Waals surface area contributed by atoms with Crippen LogP contribution in [0.5, 0.6) is 0 Å². The van der Waals surface area contributed by atoms with Gasteiger partial charge in [0.25, 0.3) is 0 Å². The van der Waals surface area contributed by atoms with Gasteiger partial charge in [-0.25, -0.2) is 0 Å². The fourth-order valence-corrected chi connectivity index (χ4v) is 3.08. The zero-order valence-corrected chi connectivity index (χ0v) is 14.1. The lowest BCUT2D eigenvalue weighted by Crippen LogP contribution is -2.40. The Kier molecular flexibility index (Phi) is 7.00. The number of aliphatic hydroxyl groups is 1. The van der Waals surface area contributed by atoms with E-state index < -0.39 is 0 Å². The Morgan fingerprint density at radius 2 is 1.88 bits per heavy atom. The fraction of sp³-hybridized carbons (Fsp3) is 0.474. The number of aliphatic hydroxyl groups excluding tert-OH is 1. The molecule has 0 bridgehead atoms. The number of carbonyl (C=O) groups is 2.